The molecule has 0 atom stereocenters. The molecule has 0 unspecified atom stereocenters. The average Bonchev–Trinajstić information content (AvgIpc) is 3.52. The average molecular weight is 483 g/mol. The molecule has 2 aromatic carbocycles. The smallest absolute Gasteiger partial charge is 0.237 e. The molecule has 0 radical (unpaired) electrons. The normalized spacial score (nSPS) is 16.1. The van der Waals surface area contributed by atoms with Crippen molar-refractivity contribution in [1.29, 1.82) is 0 Å². The summed E-state index contributed by atoms with van der Waals surface area (Å²) >= 11 is 7.96. The Morgan fingerprint density at radius 2 is 1.97 bits per heavy atom. The number of amides is 1. The zero-order valence-corrected chi connectivity index (χ0v) is 20.2. The number of ether oxygens (including phenoxy) is 1. The van der Waals surface area contributed by atoms with E-state index in [9.17, 15) is 4.79 Å². The fourth-order valence-corrected chi connectivity index (χ4v) is 5.96. The lowest BCUT2D eigenvalue weighted by Crippen LogP contribution is -2.36. The standard InChI is InChI=1S/C25H27ClN4O2S/c1-32-19-12-13-22-17(15-19)7-6-14-29(22)23(31)16-33-25-28-27-24(20-10-4-5-11-21(20)26)30(25)18-8-2-3-9-18/h4-5,10-13,15,18H,2-3,6-9,14,16H2,1H3. The third kappa shape index (κ3) is 4.49. The SMILES string of the molecule is COc1ccc2c(c1)CCCN2C(=O)CSc1nnc(-c2ccccc2Cl)n1C1CCCC1. The van der Waals surface area contributed by atoms with E-state index in [-0.39, 0.29) is 5.91 Å². The monoisotopic (exact) mass is 482 g/mol. The quantitative estimate of drug-likeness (QED) is 0.416. The second kappa shape index (κ2) is 9.77. The number of carbonyl (C=O) groups is 1. The Labute approximate surface area is 203 Å². The number of hydrogen-bond acceptors (Lipinski definition) is 5. The summed E-state index contributed by atoms with van der Waals surface area (Å²) in [5.74, 6) is 2.03. The number of aromatic nitrogens is 3. The summed E-state index contributed by atoms with van der Waals surface area (Å²) in [4.78, 5) is 15.1. The lowest BCUT2D eigenvalue weighted by Gasteiger charge is -2.29. The molecular weight excluding hydrogens is 456 g/mol. The van der Waals surface area contributed by atoms with E-state index >= 15 is 0 Å². The molecule has 1 aliphatic heterocycles. The molecule has 0 spiro atoms. The molecule has 33 heavy (non-hydrogen) atoms. The molecule has 3 aromatic rings. The van der Waals surface area contributed by atoms with Gasteiger partial charge in [0.15, 0.2) is 11.0 Å². The third-order valence-electron chi connectivity index (χ3n) is 6.50. The molecule has 0 saturated heterocycles. The maximum Gasteiger partial charge on any atom is 0.237 e. The number of rotatable bonds is 6. The Hall–Kier alpha value is -2.51. The predicted molar refractivity (Wildman–Crippen MR) is 132 cm³/mol. The topological polar surface area (TPSA) is 60.2 Å². The van der Waals surface area contributed by atoms with Crippen molar-refractivity contribution in [1.82, 2.24) is 14.8 Å². The second-order valence-corrected chi connectivity index (χ2v) is 9.88. The van der Waals surface area contributed by atoms with Crippen LogP contribution in [-0.2, 0) is 11.2 Å². The first kappa shape index (κ1) is 22.3. The first-order chi connectivity index (χ1) is 16.2. The number of nitrogens with zero attached hydrogens (tertiary/aromatic N) is 4. The summed E-state index contributed by atoms with van der Waals surface area (Å²) in [6, 6.07) is 14.0. The van der Waals surface area contributed by atoms with Gasteiger partial charge in [0.25, 0.3) is 0 Å². The van der Waals surface area contributed by atoms with Crippen LogP contribution in [-0.4, -0.2) is 40.1 Å². The zero-order chi connectivity index (χ0) is 22.8. The van der Waals surface area contributed by atoms with E-state index < -0.39 is 0 Å². The fourth-order valence-electron chi connectivity index (χ4n) is 4.86. The van der Waals surface area contributed by atoms with E-state index in [0.29, 0.717) is 16.8 Å². The van der Waals surface area contributed by atoms with Gasteiger partial charge < -0.3 is 9.64 Å². The summed E-state index contributed by atoms with van der Waals surface area (Å²) in [5.41, 5.74) is 3.03. The lowest BCUT2D eigenvalue weighted by molar-refractivity contribution is -0.116. The summed E-state index contributed by atoms with van der Waals surface area (Å²) in [7, 11) is 1.67. The predicted octanol–water partition coefficient (Wildman–Crippen LogP) is 5.79. The first-order valence-corrected chi connectivity index (χ1v) is 12.8. The van der Waals surface area contributed by atoms with Crippen LogP contribution in [0.2, 0.25) is 5.02 Å². The van der Waals surface area contributed by atoms with Gasteiger partial charge >= 0.3 is 0 Å². The number of benzene rings is 2. The molecule has 1 amide bonds. The summed E-state index contributed by atoms with van der Waals surface area (Å²) < 4.78 is 7.56. The van der Waals surface area contributed by atoms with E-state index in [0.717, 1.165) is 65.8 Å². The van der Waals surface area contributed by atoms with E-state index in [2.05, 4.69) is 14.8 Å². The van der Waals surface area contributed by atoms with E-state index in [1.165, 1.54) is 24.6 Å². The molecule has 1 fully saturated rings. The molecule has 0 N–H and O–H groups in total. The highest BCUT2D eigenvalue weighted by Crippen LogP contribution is 2.38. The van der Waals surface area contributed by atoms with Gasteiger partial charge in [0, 0.05) is 23.8 Å². The molecule has 172 valence electrons. The summed E-state index contributed by atoms with van der Waals surface area (Å²) in [5, 5.41) is 10.5. The Morgan fingerprint density at radius 3 is 2.76 bits per heavy atom. The molecule has 1 aromatic heterocycles. The number of methoxy groups -OCH3 is 1. The van der Waals surface area contributed by atoms with Crippen LogP contribution in [0.3, 0.4) is 0 Å². The Morgan fingerprint density at radius 1 is 1.15 bits per heavy atom. The number of anilines is 1. The van der Waals surface area contributed by atoms with Crippen LogP contribution in [0, 0.1) is 0 Å². The number of fused-ring (bicyclic) bond motifs is 1. The lowest BCUT2D eigenvalue weighted by atomic mass is 10.0. The number of carbonyl (C=O) groups excluding carboxylic acids is 1. The molecule has 2 aliphatic rings. The second-order valence-electron chi connectivity index (χ2n) is 8.53. The van der Waals surface area contributed by atoms with Crippen molar-refractivity contribution < 1.29 is 9.53 Å². The number of aryl methyl sites for hydroxylation is 1. The minimum absolute atomic E-state index is 0.0892. The Kier molecular flexibility index (Phi) is 6.60. The van der Waals surface area contributed by atoms with Crippen LogP contribution in [0.1, 0.15) is 43.7 Å². The van der Waals surface area contributed by atoms with Crippen LogP contribution < -0.4 is 9.64 Å². The Balaban J connectivity index is 1.38. The molecule has 1 aliphatic carbocycles. The van der Waals surface area contributed by atoms with Gasteiger partial charge in [0.1, 0.15) is 5.75 Å². The van der Waals surface area contributed by atoms with Crippen LogP contribution in [0.5, 0.6) is 5.75 Å². The first-order valence-electron chi connectivity index (χ1n) is 11.5. The van der Waals surface area contributed by atoms with E-state index in [1.54, 1.807) is 7.11 Å². The van der Waals surface area contributed by atoms with Crippen LogP contribution >= 0.6 is 23.4 Å². The molecule has 0 bridgehead atoms. The molecule has 6 nitrogen and oxygen atoms in total. The molecule has 8 heteroatoms. The van der Waals surface area contributed by atoms with Gasteiger partial charge in [-0.3, -0.25) is 9.36 Å². The number of thioether (sulfide) groups is 1. The van der Waals surface area contributed by atoms with Crippen molar-refractivity contribution in [2.45, 2.75) is 49.7 Å². The molecule has 2 heterocycles. The van der Waals surface area contributed by atoms with E-state index in [1.807, 2.05) is 47.4 Å². The highest BCUT2D eigenvalue weighted by atomic mass is 35.5. The zero-order valence-electron chi connectivity index (χ0n) is 18.7. The van der Waals surface area contributed by atoms with Crippen molar-refractivity contribution in [3.05, 3.63) is 53.1 Å². The van der Waals surface area contributed by atoms with Gasteiger partial charge in [-0.05, 0) is 61.6 Å². The fraction of sp³-hybridized carbons (Fsp3) is 0.400. The maximum absolute atomic E-state index is 13.2. The third-order valence-corrected chi connectivity index (χ3v) is 7.76. The number of halogens is 1. The highest BCUT2D eigenvalue weighted by molar-refractivity contribution is 7.99. The Bertz CT molecular complexity index is 1160. The summed E-state index contributed by atoms with van der Waals surface area (Å²) in [6.45, 7) is 0.735. The van der Waals surface area contributed by atoms with Crippen LogP contribution in [0.4, 0.5) is 5.69 Å². The summed E-state index contributed by atoms with van der Waals surface area (Å²) in [6.07, 6.45) is 6.49. The van der Waals surface area contributed by atoms with Gasteiger partial charge in [-0.25, -0.2) is 0 Å². The van der Waals surface area contributed by atoms with Crippen molar-refractivity contribution in [2.24, 2.45) is 0 Å². The number of hydrogen-bond donors (Lipinski definition) is 0. The van der Waals surface area contributed by atoms with Crippen molar-refractivity contribution in [2.75, 3.05) is 24.3 Å². The maximum atomic E-state index is 13.2. The van der Waals surface area contributed by atoms with Crippen LogP contribution in [0.25, 0.3) is 11.4 Å². The van der Waals surface area contributed by atoms with Crippen LogP contribution in [0.15, 0.2) is 47.6 Å². The van der Waals surface area contributed by atoms with E-state index in [4.69, 9.17) is 16.3 Å². The van der Waals surface area contributed by atoms with Gasteiger partial charge in [-0.15, -0.1) is 10.2 Å². The van der Waals surface area contributed by atoms with Gasteiger partial charge in [0.2, 0.25) is 5.91 Å². The van der Waals surface area contributed by atoms with Gasteiger partial charge in [-0.2, -0.15) is 0 Å². The van der Waals surface area contributed by atoms with Gasteiger partial charge in [0.05, 0.1) is 17.9 Å². The van der Waals surface area contributed by atoms with Crippen molar-refractivity contribution in [3.8, 4) is 17.1 Å². The molecular formula is C25H27ClN4O2S. The molecule has 1 saturated carbocycles. The minimum atomic E-state index is 0.0892. The highest BCUT2D eigenvalue weighted by Gasteiger charge is 2.28. The molecule has 5 rings (SSSR count). The largest absolute Gasteiger partial charge is 0.497 e. The minimum Gasteiger partial charge on any atom is -0.497 e. The van der Waals surface area contributed by atoms with Gasteiger partial charge in [-0.1, -0.05) is 48.3 Å². The van der Waals surface area contributed by atoms with Crippen molar-refractivity contribution in [3.63, 3.8) is 0 Å². The van der Waals surface area contributed by atoms with Crippen molar-refractivity contribution >= 4 is 35.0 Å².